The van der Waals surface area contributed by atoms with Crippen LogP contribution in [0.3, 0.4) is 0 Å². The van der Waals surface area contributed by atoms with E-state index >= 15 is 0 Å². The molecule has 2 aliphatic rings. The quantitative estimate of drug-likeness (QED) is 0.137. The highest BCUT2D eigenvalue weighted by Gasteiger charge is 2.44. The van der Waals surface area contributed by atoms with Gasteiger partial charge in [0.1, 0.15) is 11.9 Å². The number of aliphatic hydroxyl groups is 1. The zero-order valence-electron chi connectivity index (χ0n) is 30.8. The number of carbonyl (C=O) groups excluding carboxylic acids is 2. The Morgan fingerprint density at radius 2 is 1.81 bits per heavy atom. The monoisotopic (exact) mass is 786 g/mol. The maximum Gasteiger partial charge on any atom is 0.407 e. The molecule has 2 aliphatic heterocycles. The minimum atomic E-state index is -4.23. The Morgan fingerprint density at radius 1 is 1.09 bits per heavy atom. The molecule has 0 aromatic heterocycles. The molecule has 296 valence electrons. The van der Waals surface area contributed by atoms with E-state index < -0.39 is 66.6 Å². The van der Waals surface area contributed by atoms with Crippen molar-refractivity contribution in [3.05, 3.63) is 48.0 Å². The van der Waals surface area contributed by atoms with Gasteiger partial charge in [0.05, 0.1) is 49.9 Å². The van der Waals surface area contributed by atoms with Crippen molar-refractivity contribution >= 4 is 29.5 Å². The van der Waals surface area contributed by atoms with Gasteiger partial charge in [0.25, 0.3) is 0 Å². The van der Waals surface area contributed by atoms with Gasteiger partial charge in [-0.15, -0.1) is 0 Å². The number of aromatic hydroxyl groups is 1. The van der Waals surface area contributed by atoms with Crippen molar-refractivity contribution in [3.63, 3.8) is 0 Å². The number of amides is 1. The lowest BCUT2D eigenvalue weighted by Crippen LogP contribution is -2.51. The first-order valence-electron chi connectivity index (χ1n) is 17.4. The second kappa shape index (κ2) is 18.7. The van der Waals surface area contributed by atoms with Gasteiger partial charge in [-0.3, -0.25) is 4.57 Å². The van der Waals surface area contributed by atoms with Crippen LogP contribution in [0.2, 0.25) is 0 Å². The Morgan fingerprint density at radius 3 is 2.45 bits per heavy atom. The van der Waals surface area contributed by atoms with Crippen LogP contribution in [0.1, 0.15) is 39.7 Å². The lowest BCUT2D eigenvalue weighted by Gasteiger charge is -2.31. The lowest BCUT2D eigenvalue weighted by atomic mass is 10.0. The number of aliphatic hydroxyl groups excluding tert-OH is 1. The first-order chi connectivity index (χ1) is 25.0. The third kappa shape index (κ3) is 11.8. The molecule has 0 bridgehead atoms. The summed E-state index contributed by atoms with van der Waals surface area (Å²) in [6, 6.07) is 9.26. The molecule has 0 aliphatic carbocycles. The van der Waals surface area contributed by atoms with Crippen molar-refractivity contribution in [2.45, 2.75) is 76.1 Å². The average Bonchev–Trinajstić information content (AvgIpc) is 3.72. The molecule has 3 N–H and O–H groups in total. The van der Waals surface area contributed by atoms with Gasteiger partial charge >= 0.3 is 12.1 Å². The molecule has 7 atom stereocenters. The second-order valence-electron chi connectivity index (χ2n) is 13.5. The van der Waals surface area contributed by atoms with E-state index in [1.807, 2.05) is 13.8 Å². The number of sulfonamides is 1. The SMILES string of the molecule is CCOC(=O)[C@H](C)OP(C)(=O)COc1ccc(C[C@H](NC(=O)O[C@H]2CO[C@H]3OCC[C@H]32)[C@H](O)CN(CC(C)C)S(=O)(=O)c2ccc(OC)c(O)c2)cc1. The van der Waals surface area contributed by atoms with Crippen LogP contribution < -0.4 is 14.8 Å². The standard InChI is InChI=1S/C35H51N2O14PS/c1-7-46-33(40)23(4)51-52(6,42)21-49-25-10-8-24(9-11-25)16-28(36-35(41)50-32-20-48-34-27(32)14-15-47-34)30(39)19-37(18-22(2)3)53(43,44)26-12-13-31(45-5)29(38)17-26/h8-13,17,22-23,27-28,30,32,34,38-39H,7,14-16,18-21H2,1-6H3,(H,36,41)/t23-,27-,28-,30+,32-,34+,52?/m0/s1. The summed E-state index contributed by atoms with van der Waals surface area (Å²) < 4.78 is 79.6. The summed E-state index contributed by atoms with van der Waals surface area (Å²) in [7, 11) is -6.24. The number of alkyl carbamates (subject to hydrolysis) is 1. The van der Waals surface area contributed by atoms with Crippen LogP contribution >= 0.6 is 7.37 Å². The number of esters is 1. The molecule has 0 saturated carbocycles. The normalized spacial score (nSPS) is 21.3. The zero-order chi connectivity index (χ0) is 38.9. The van der Waals surface area contributed by atoms with Crippen molar-refractivity contribution in [2.24, 2.45) is 11.8 Å². The largest absolute Gasteiger partial charge is 0.504 e. The van der Waals surface area contributed by atoms with Gasteiger partial charge in [0, 0.05) is 25.8 Å². The summed E-state index contributed by atoms with van der Waals surface area (Å²) in [5, 5.41) is 24.7. The summed E-state index contributed by atoms with van der Waals surface area (Å²) in [5.41, 5.74) is 0.639. The number of benzene rings is 2. The van der Waals surface area contributed by atoms with Gasteiger partial charge in [-0.05, 0) is 62.4 Å². The highest BCUT2D eigenvalue weighted by atomic mass is 32.2. The molecule has 2 saturated heterocycles. The number of hydrogen-bond donors (Lipinski definition) is 3. The summed E-state index contributed by atoms with van der Waals surface area (Å²) in [6.45, 7) is 8.53. The van der Waals surface area contributed by atoms with Crippen molar-refractivity contribution in [1.29, 1.82) is 0 Å². The van der Waals surface area contributed by atoms with Crippen LogP contribution in [0.15, 0.2) is 47.4 Å². The molecule has 1 amide bonds. The molecular weight excluding hydrogens is 735 g/mol. The van der Waals surface area contributed by atoms with E-state index in [1.165, 1.54) is 32.8 Å². The number of fused-ring (bicyclic) bond motifs is 1. The fourth-order valence-corrected chi connectivity index (χ4v) is 8.82. The molecule has 2 heterocycles. The molecule has 4 rings (SSSR count). The molecule has 2 aromatic carbocycles. The molecule has 2 fully saturated rings. The molecule has 2 aromatic rings. The molecule has 18 heteroatoms. The highest BCUT2D eigenvalue weighted by molar-refractivity contribution is 7.89. The van der Waals surface area contributed by atoms with E-state index in [0.29, 0.717) is 24.3 Å². The first-order valence-corrected chi connectivity index (χ1v) is 21.1. The maximum atomic E-state index is 13.8. The number of phenolic OH excluding ortho intramolecular Hbond substituents is 1. The summed E-state index contributed by atoms with van der Waals surface area (Å²) in [4.78, 5) is 25.0. The topological polar surface area (TPSA) is 206 Å². The second-order valence-corrected chi connectivity index (χ2v) is 17.9. The maximum absolute atomic E-state index is 13.8. The van der Waals surface area contributed by atoms with E-state index in [9.17, 15) is 32.8 Å². The van der Waals surface area contributed by atoms with E-state index in [1.54, 1.807) is 31.2 Å². The predicted octanol–water partition coefficient (Wildman–Crippen LogP) is 3.72. The van der Waals surface area contributed by atoms with Gasteiger partial charge in [-0.2, -0.15) is 4.31 Å². The Kier molecular flexibility index (Phi) is 15.0. The van der Waals surface area contributed by atoms with Crippen LogP contribution in [-0.4, -0.2) is 119 Å². The number of nitrogens with zero attached hydrogens (tertiary/aromatic N) is 1. The number of rotatable bonds is 19. The summed E-state index contributed by atoms with van der Waals surface area (Å²) in [5.74, 6) is -0.817. The van der Waals surface area contributed by atoms with Gasteiger partial charge < -0.3 is 48.5 Å². The van der Waals surface area contributed by atoms with Crippen molar-refractivity contribution in [1.82, 2.24) is 9.62 Å². The van der Waals surface area contributed by atoms with E-state index in [-0.39, 0.29) is 60.8 Å². The van der Waals surface area contributed by atoms with Crippen LogP contribution in [0.5, 0.6) is 17.2 Å². The Bertz CT molecular complexity index is 1690. The van der Waals surface area contributed by atoms with E-state index in [0.717, 1.165) is 10.4 Å². The van der Waals surface area contributed by atoms with Gasteiger partial charge in [0.15, 0.2) is 30.2 Å². The van der Waals surface area contributed by atoms with Crippen LogP contribution in [0.4, 0.5) is 4.79 Å². The van der Waals surface area contributed by atoms with E-state index in [2.05, 4.69) is 5.32 Å². The predicted molar refractivity (Wildman–Crippen MR) is 192 cm³/mol. The van der Waals surface area contributed by atoms with Gasteiger partial charge in [0.2, 0.25) is 17.4 Å². The van der Waals surface area contributed by atoms with Gasteiger partial charge in [-0.25, -0.2) is 18.0 Å². The minimum absolute atomic E-state index is 0.0292. The summed E-state index contributed by atoms with van der Waals surface area (Å²) in [6.07, 6.45) is -3.88. The fourth-order valence-electron chi connectivity index (χ4n) is 5.98. The Balaban J connectivity index is 1.50. The van der Waals surface area contributed by atoms with Gasteiger partial charge in [-0.1, -0.05) is 26.0 Å². The van der Waals surface area contributed by atoms with Crippen molar-refractivity contribution < 1.29 is 65.7 Å². The lowest BCUT2D eigenvalue weighted by molar-refractivity contribution is -0.150. The Hall–Kier alpha value is -3.44. The average molecular weight is 787 g/mol. The molecule has 0 radical (unpaired) electrons. The number of ether oxygens (including phenoxy) is 6. The first kappa shape index (κ1) is 42.3. The number of methoxy groups -OCH3 is 1. The van der Waals surface area contributed by atoms with Crippen LogP contribution in [0, 0.1) is 11.8 Å². The highest BCUT2D eigenvalue weighted by Crippen LogP contribution is 2.44. The smallest absolute Gasteiger partial charge is 0.407 e. The summed E-state index contributed by atoms with van der Waals surface area (Å²) >= 11 is 0. The number of hydrogen-bond acceptors (Lipinski definition) is 14. The Labute approximate surface area is 310 Å². The molecular formula is C35H51N2O14PS. The third-order valence-electron chi connectivity index (χ3n) is 8.60. The fraction of sp³-hybridized carbons (Fsp3) is 0.600. The number of nitrogens with one attached hydrogen (secondary N) is 1. The number of carbonyl (C=O) groups is 2. The molecule has 16 nitrogen and oxygen atoms in total. The molecule has 1 unspecified atom stereocenters. The van der Waals surface area contributed by atoms with Crippen LogP contribution in [-0.2, 0) is 49.3 Å². The zero-order valence-corrected chi connectivity index (χ0v) is 32.5. The number of phenols is 1. The van der Waals surface area contributed by atoms with Crippen molar-refractivity contribution in [3.8, 4) is 17.2 Å². The molecule has 0 spiro atoms. The molecule has 53 heavy (non-hydrogen) atoms. The van der Waals surface area contributed by atoms with E-state index in [4.69, 9.17) is 32.9 Å². The van der Waals surface area contributed by atoms with Crippen LogP contribution in [0.25, 0.3) is 0 Å². The third-order valence-corrected chi connectivity index (χ3v) is 11.8. The van der Waals surface area contributed by atoms with Crippen molar-refractivity contribution in [2.75, 3.05) is 53.0 Å². The minimum Gasteiger partial charge on any atom is -0.504 e.